The summed E-state index contributed by atoms with van der Waals surface area (Å²) in [6.45, 7) is 4.74. The van der Waals surface area contributed by atoms with Crippen LogP contribution in [0.25, 0.3) is 10.9 Å². The molecule has 2 aliphatic rings. The van der Waals surface area contributed by atoms with Crippen LogP contribution in [0, 0.1) is 18.2 Å². The highest BCUT2D eigenvalue weighted by Gasteiger charge is 2.41. The number of nitrogens with zero attached hydrogens (tertiary/aromatic N) is 2. The monoisotopic (exact) mass is 516 g/mol. The Hall–Kier alpha value is -2.55. The van der Waals surface area contributed by atoms with Gasteiger partial charge in [0.05, 0.1) is 16.1 Å². The highest BCUT2D eigenvalue weighted by molar-refractivity contribution is 7.99. The van der Waals surface area contributed by atoms with Crippen molar-refractivity contribution in [2.45, 2.75) is 42.5 Å². The van der Waals surface area contributed by atoms with Crippen LogP contribution >= 0.6 is 23.4 Å². The lowest BCUT2D eigenvalue weighted by Crippen LogP contribution is -2.37. The zero-order chi connectivity index (χ0) is 24.7. The predicted octanol–water partition coefficient (Wildman–Crippen LogP) is 5.62. The van der Waals surface area contributed by atoms with Crippen LogP contribution in [0.5, 0.6) is 0 Å². The number of aromatic carboxylic acids is 1. The van der Waals surface area contributed by atoms with Crippen molar-refractivity contribution in [3.63, 3.8) is 0 Å². The van der Waals surface area contributed by atoms with Crippen LogP contribution in [0.2, 0.25) is 5.02 Å². The second-order valence-corrected chi connectivity index (χ2v) is 10.9. The largest absolute Gasteiger partial charge is 0.478 e. The number of hydrogen-bond donors (Lipinski definition) is 1. The van der Waals surface area contributed by atoms with Crippen molar-refractivity contribution in [2.24, 2.45) is 5.41 Å². The smallest absolute Gasteiger partial charge is 0.335 e. The topological polar surface area (TPSA) is 71.8 Å². The van der Waals surface area contributed by atoms with Crippen molar-refractivity contribution in [1.29, 1.82) is 0 Å². The lowest BCUT2D eigenvalue weighted by atomic mass is 9.80. The molecule has 2 saturated heterocycles. The number of carbonyl (C=O) groups excluding carboxylic acids is 1. The van der Waals surface area contributed by atoms with Gasteiger partial charge in [0, 0.05) is 47.2 Å². The van der Waals surface area contributed by atoms with E-state index in [9.17, 15) is 14.7 Å². The molecule has 1 N–H and O–H groups in total. The van der Waals surface area contributed by atoms with E-state index in [2.05, 4.69) is 0 Å². The Bertz CT molecular complexity index is 1320. The van der Waals surface area contributed by atoms with Gasteiger partial charge in [-0.1, -0.05) is 29.4 Å². The lowest BCUT2D eigenvalue weighted by Gasteiger charge is -2.33. The third kappa shape index (κ3) is 4.55. The normalized spacial score (nSPS) is 17.4. The molecular formula is C26H26ClFN2O4S. The lowest BCUT2D eigenvalue weighted by molar-refractivity contribution is -0.131. The molecule has 1 spiro atoms. The Morgan fingerprint density at radius 1 is 1.20 bits per heavy atom. The van der Waals surface area contributed by atoms with Crippen LogP contribution in [0.1, 0.15) is 35.3 Å². The van der Waals surface area contributed by atoms with Crippen LogP contribution in [-0.4, -0.2) is 52.8 Å². The maximum Gasteiger partial charge on any atom is 0.335 e. The first-order valence-corrected chi connectivity index (χ1v) is 12.8. The zero-order valence-electron chi connectivity index (χ0n) is 19.4. The van der Waals surface area contributed by atoms with Gasteiger partial charge in [0.15, 0.2) is 5.82 Å². The van der Waals surface area contributed by atoms with Crippen LogP contribution < -0.4 is 0 Å². The molecule has 2 aromatic carbocycles. The van der Waals surface area contributed by atoms with Gasteiger partial charge >= 0.3 is 5.97 Å². The van der Waals surface area contributed by atoms with E-state index < -0.39 is 11.8 Å². The van der Waals surface area contributed by atoms with Crippen molar-refractivity contribution < 1.29 is 23.8 Å². The molecule has 2 fully saturated rings. The number of ether oxygens (including phenoxy) is 1. The second-order valence-electron chi connectivity index (χ2n) is 9.37. The summed E-state index contributed by atoms with van der Waals surface area (Å²) in [4.78, 5) is 28.2. The number of carbonyl (C=O) groups is 2. The molecule has 0 atom stereocenters. The number of fused-ring (bicyclic) bond motifs is 1. The minimum Gasteiger partial charge on any atom is -0.478 e. The van der Waals surface area contributed by atoms with Gasteiger partial charge in [-0.3, -0.25) is 4.79 Å². The first-order chi connectivity index (χ1) is 16.8. The Kier molecular flexibility index (Phi) is 6.55. The van der Waals surface area contributed by atoms with Gasteiger partial charge in [0.2, 0.25) is 5.91 Å². The molecular weight excluding hydrogens is 491 g/mol. The van der Waals surface area contributed by atoms with Gasteiger partial charge in [-0.15, -0.1) is 0 Å². The summed E-state index contributed by atoms with van der Waals surface area (Å²) < 4.78 is 22.5. The number of halogens is 2. The van der Waals surface area contributed by atoms with Crippen molar-refractivity contribution in [1.82, 2.24) is 9.47 Å². The Balaban J connectivity index is 1.48. The summed E-state index contributed by atoms with van der Waals surface area (Å²) in [6, 6.07) is 9.88. The van der Waals surface area contributed by atoms with E-state index in [4.69, 9.17) is 16.3 Å². The molecule has 0 unspecified atom stereocenters. The molecule has 0 aliphatic carbocycles. The third-order valence-corrected chi connectivity index (χ3v) is 8.76. The second kappa shape index (κ2) is 9.48. The average Bonchev–Trinajstić information content (AvgIpc) is 3.37. The number of likely N-dealkylation sites (tertiary alicyclic amines) is 1. The number of carboxylic acids is 1. The molecule has 1 aromatic heterocycles. The van der Waals surface area contributed by atoms with E-state index in [1.165, 1.54) is 23.9 Å². The zero-order valence-corrected chi connectivity index (χ0v) is 20.9. The third-order valence-electron chi connectivity index (χ3n) is 7.26. The van der Waals surface area contributed by atoms with E-state index in [1.54, 1.807) is 22.8 Å². The quantitative estimate of drug-likeness (QED) is 0.476. The van der Waals surface area contributed by atoms with Crippen molar-refractivity contribution in [3.8, 4) is 0 Å². The maximum atomic E-state index is 15.3. The van der Waals surface area contributed by atoms with E-state index in [0.29, 0.717) is 24.0 Å². The number of hydrogen-bond acceptors (Lipinski definition) is 4. The van der Waals surface area contributed by atoms with E-state index in [-0.39, 0.29) is 28.5 Å². The van der Waals surface area contributed by atoms with Crippen molar-refractivity contribution >= 4 is 46.1 Å². The minimum absolute atomic E-state index is 0.00421. The molecule has 1 amide bonds. The molecule has 0 bridgehead atoms. The van der Waals surface area contributed by atoms with E-state index >= 15 is 4.39 Å². The molecule has 5 rings (SSSR count). The maximum absolute atomic E-state index is 15.3. The Morgan fingerprint density at radius 2 is 1.97 bits per heavy atom. The molecule has 0 saturated carbocycles. The van der Waals surface area contributed by atoms with Gasteiger partial charge in [-0.2, -0.15) is 0 Å². The highest BCUT2D eigenvalue weighted by atomic mass is 35.5. The molecule has 184 valence electrons. The molecule has 2 aliphatic heterocycles. The molecule has 3 heterocycles. The van der Waals surface area contributed by atoms with E-state index in [1.807, 2.05) is 17.9 Å². The standard InChI is InChI=1S/C26H26ClFN2O4S/c1-16-24(35-18-4-2-3-17(13-18)25(32)33)19-5-6-20(27)22(28)23(19)30(16)14-21(31)29-10-7-26(15-29)8-11-34-12-9-26/h2-6,13H,7-12,14-15H2,1H3,(H,32,33). The van der Waals surface area contributed by atoms with Crippen LogP contribution in [0.4, 0.5) is 4.39 Å². The fourth-order valence-electron chi connectivity index (χ4n) is 5.20. The Labute approximate surface area is 212 Å². The van der Waals surface area contributed by atoms with Crippen molar-refractivity contribution in [2.75, 3.05) is 26.3 Å². The molecule has 35 heavy (non-hydrogen) atoms. The van der Waals surface area contributed by atoms with Crippen LogP contribution in [-0.2, 0) is 16.1 Å². The minimum atomic E-state index is -1.01. The average molecular weight is 517 g/mol. The summed E-state index contributed by atoms with van der Waals surface area (Å²) in [5.41, 5.74) is 1.34. The summed E-state index contributed by atoms with van der Waals surface area (Å²) >= 11 is 7.49. The molecule has 6 nitrogen and oxygen atoms in total. The number of amides is 1. The fraction of sp³-hybridized carbons (Fsp3) is 0.385. The van der Waals surface area contributed by atoms with Gasteiger partial charge in [-0.25, -0.2) is 9.18 Å². The first kappa shape index (κ1) is 24.2. The first-order valence-electron chi connectivity index (χ1n) is 11.6. The van der Waals surface area contributed by atoms with Crippen LogP contribution in [0.3, 0.4) is 0 Å². The van der Waals surface area contributed by atoms with Gasteiger partial charge in [-0.05, 0) is 61.9 Å². The summed E-state index contributed by atoms with van der Waals surface area (Å²) in [5.74, 6) is -1.62. The van der Waals surface area contributed by atoms with Gasteiger partial charge in [0.1, 0.15) is 6.54 Å². The fourth-order valence-corrected chi connectivity index (χ4v) is 6.46. The van der Waals surface area contributed by atoms with Gasteiger partial charge < -0.3 is 19.3 Å². The predicted molar refractivity (Wildman–Crippen MR) is 133 cm³/mol. The SMILES string of the molecule is Cc1c(Sc2cccc(C(=O)O)c2)c2ccc(Cl)c(F)c2n1CC(=O)N1CCC2(CCOCC2)C1. The number of rotatable bonds is 5. The number of carboxylic acid groups (broad SMARTS) is 1. The molecule has 3 aromatic rings. The highest BCUT2D eigenvalue weighted by Crippen LogP contribution is 2.42. The van der Waals surface area contributed by atoms with Crippen LogP contribution in [0.15, 0.2) is 46.2 Å². The summed E-state index contributed by atoms with van der Waals surface area (Å²) in [7, 11) is 0. The molecule has 0 radical (unpaired) electrons. The summed E-state index contributed by atoms with van der Waals surface area (Å²) in [5, 5.41) is 9.98. The number of benzene rings is 2. The van der Waals surface area contributed by atoms with E-state index in [0.717, 1.165) is 48.0 Å². The number of aromatic nitrogens is 1. The molecule has 9 heteroatoms. The van der Waals surface area contributed by atoms with Crippen molar-refractivity contribution in [3.05, 3.63) is 58.5 Å². The Morgan fingerprint density at radius 3 is 2.71 bits per heavy atom. The van der Waals surface area contributed by atoms with Gasteiger partial charge in [0.25, 0.3) is 0 Å². The summed E-state index contributed by atoms with van der Waals surface area (Å²) in [6.07, 6.45) is 2.89.